The first-order chi connectivity index (χ1) is 8.94. The van der Waals surface area contributed by atoms with Crippen LogP contribution in [0.3, 0.4) is 0 Å². The van der Waals surface area contributed by atoms with Crippen LogP contribution in [0, 0.1) is 29.6 Å². The van der Waals surface area contributed by atoms with Crippen LogP contribution in [0.5, 0.6) is 0 Å². The minimum absolute atomic E-state index is 0.0881. The van der Waals surface area contributed by atoms with Gasteiger partial charge in [0.25, 0.3) is 0 Å². The van der Waals surface area contributed by atoms with Crippen molar-refractivity contribution >= 4 is 15.8 Å². The van der Waals surface area contributed by atoms with Gasteiger partial charge in [-0.1, -0.05) is 6.42 Å². The number of carboxylic acids is 1. The van der Waals surface area contributed by atoms with Gasteiger partial charge < -0.3 is 5.11 Å². The lowest BCUT2D eigenvalue weighted by Crippen LogP contribution is -2.28. The van der Waals surface area contributed by atoms with Crippen molar-refractivity contribution in [1.82, 2.24) is 0 Å². The summed E-state index contributed by atoms with van der Waals surface area (Å²) in [5, 5.41) is 9.44. The Balaban J connectivity index is 1.67. The molecule has 5 atom stereocenters. The Labute approximate surface area is 114 Å². The first-order valence-corrected chi connectivity index (χ1v) is 9.20. The van der Waals surface area contributed by atoms with E-state index in [9.17, 15) is 18.3 Å². The van der Waals surface area contributed by atoms with Crippen LogP contribution >= 0.6 is 0 Å². The van der Waals surface area contributed by atoms with Gasteiger partial charge in [-0.3, -0.25) is 4.79 Å². The Morgan fingerprint density at radius 3 is 2.47 bits per heavy atom. The lowest BCUT2D eigenvalue weighted by Gasteiger charge is -2.27. The summed E-state index contributed by atoms with van der Waals surface area (Å²) in [4.78, 5) is 11.5. The minimum Gasteiger partial charge on any atom is -0.481 e. The fraction of sp³-hybridized carbons (Fsp3) is 0.929. The van der Waals surface area contributed by atoms with Gasteiger partial charge in [-0.05, 0) is 55.8 Å². The molecule has 0 amide bonds. The molecular weight excluding hydrogens is 264 g/mol. The van der Waals surface area contributed by atoms with Gasteiger partial charge in [-0.25, -0.2) is 8.42 Å². The zero-order valence-corrected chi connectivity index (χ0v) is 11.9. The average molecular weight is 286 g/mol. The Bertz CT molecular complexity index is 470. The third-order valence-corrected chi connectivity index (χ3v) is 7.39. The van der Waals surface area contributed by atoms with E-state index in [0.717, 1.165) is 5.92 Å². The largest absolute Gasteiger partial charge is 0.481 e. The van der Waals surface area contributed by atoms with Crippen molar-refractivity contribution in [2.75, 3.05) is 11.5 Å². The van der Waals surface area contributed by atoms with E-state index in [-0.39, 0.29) is 17.4 Å². The second-order valence-corrected chi connectivity index (χ2v) is 9.01. The topological polar surface area (TPSA) is 71.4 Å². The molecular formula is C14H22O4S. The summed E-state index contributed by atoms with van der Waals surface area (Å²) in [7, 11) is -2.98. The molecule has 0 spiro atoms. The van der Waals surface area contributed by atoms with Crippen LogP contribution in [-0.4, -0.2) is 31.0 Å². The van der Waals surface area contributed by atoms with Crippen molar-refractivity contribution in [1.29, 1.82) is 0 Å². The zero-order valence-electron chi connectivity index (χ0n) is 11.1. The number of carboxylic acid groups (broad SMARTS) is 1. The summed E-state index contributed by atoms with van der Waals surface area (Å²) in [6, 6.07) is 0. The molecule has 0 aromatic carbocycles. The standard InChI is InChI=1S/C14H22O4S/c15-14(16)13(11-3-4-19(17,18)8-11)7-12-6-9-1-2-10(12)5-9/h9-13H,1-8H2,(H,15,16). The van der Waals surface area contributed by atoms with Gasteiger partial charge >= 0.3 is 5.97 Å². The maximum atomic E-state index is 11.5. The minimum atomic E-state index is -2.98. The highest BCUT2D eigenvalue weighted by atomic mass is 32.2. The van der Waals surface area contributed by atoms with Gasteiger partial charge in [0, 0.05) is 0 Å². The molecule has 2 saturated carbocycles. The summed E-state index contributed by atoms with van der Waals surface area (Å²) in [6.45, 7) is 0. The van der Waals surface area contributed by atoms with E-state index >= 15 is 0 Å². The van der Waals surface area contributed by atoms with E-state index in [4.69, 9.17) is 0 Å². The van der Waals surface area contributed by atoms with Crippen LogP contribution in [0.25, 0.3) is 0 Å². The smallest absolute Gasteiger partial charge is 0.306 e. The Hall–Kier alpha value is -0.580. The second kappa shape index (κ2) is 4.76. The Kier molecular flexibility index (Phi) is 3.36. The van der Waals surface area contributed by atoms with Crippen LogP contribution in [0.4, 0.5) is 0 Å². The van der Waals surface area contributed by atoms with Crippen LogP contribution in [0.1, 0.15) is 38.5 Å². The monoisotopic (exact) mass is 286 g/mol. The van der Waals surface area contributed by atoms with Gasteiger partial charge in [-0.2, -0.15) is 0 Å². The predicted octanol–water partition coefficient (Wildman–Crippen LogP) is 1.95. The Morgan fingerprint density at radius 2 is 2.00 bits per heavy atom. The SMILES string of the molecule is O=C(O)C(CC1CC2CCC1C2)C1CCS(=O)(=O)C1. The van der Waals surface area contributed by atoms with Crippen LogP contribution in [0.2, 0.25) is 0 Å². The molecule has 0 radical (unpaired) electrons. The van der Waals surface area contributed by atoms with Gasteiger partial charge in [0.2, 0.25) is 0 Å². The first-order valence-electron chi connectivity index (χ1n) is 7.38. The second-order valence-electron chi connectivity index (χ2n) is 6.78. The molecule has 0 aromatic heterocycles. The van der Waals surface area contributed by atoms with Crippen molar-refractivity contribution in [3.05, 3.63) is 0 Å². The number of rotatable bonds is 4. The molecule has 108 valence electrons. The Morgan fingerprint density at radius 1 is 1.21 bits per heavy atom. The third-order valence-electron chi connectivity index (χ3n) is 5.60. The van der Waals surface area contributed by atoms with E-state index in [1.165, 1.54) is 25.7 Å². The molecule has 1 N–H and O–H groups in total. The lowest BCUT2D eigenvalue weighted by molar-refractivity contribution is -0.144. The normalized spacial score (nSPS) is 41.5. The highest BCUT2D eigenvalue weighted by molar-refractivity contribution is 7.91. The van der Waals surface area contributed by atoms with Crippen molar-refractivity contribution in [2.45, 2.75) is 38.5 Å². The third kappa shape index (κ3) is 2.67. The van der Waals surface area contributed by atoms with E-state index in [2.05, 4.69) is 0 Å². The highest BCUT2D eigenvalue weighted by Crippen LogP contribution is 2.51. The summed E-state index contributed by atoms with van der Waals surface area (Å²) < 4.78 is 23.1. The van der Waals surface area contributed by atoms with Gasteiger partial charge in [-0.15, -0.1) is 0 Å². The van der Waals surface area contributed by atoms with Crippen LogP contribution in [0.15, 0.2) is 0 Å². The molecule has 3 aliphatic rings. The summed E-state index contributed by atoms with van der Waals surface area (Å²) in [5.41, 5.74) is 0. The predicted molar refractivity (Wildman–Crippen MR) is 71.4 cm³/mol. The molecule has 19 heavy (non-hydrogen) atoms. The number of fused-ring (bicyclic) bond motifs is 2. The van der Waals surface area contributed by atoms with E-state index < -0.39 is 21.7 Å². The molecule has 3 rings (SSSR count). The molecule has 1 aliphatic heterocycles. The van der Waals surface area contributed by atoms with Crippen LogP contribution < -0.4 is 0 Å². The van der Waals surface area contributed by atoms with Crippen LogP contribution in [-0.2, 0) is 14.6 Å². The molecule has 1 heterocycles. The number of hydrogen-bond donors (Lipinski definition) is 1. The number of aliphatic carboxylic acids is 1. The maximum absolute atomic E-state index is 11.5. The molecule has 4 nitrogen and oxygen atoms in total. The fourth-order valence-corrected chi connectivity index (χ4v) is 6.51. The average Bonchev–Trinajstić information content (AvgIpc) is 3.00. The van der Waals surface area contributed by atoms with Gasteiger partial charge in [0.1, 0.15) is 0 Å². The number of hydrogen-bond acceptors (Lipinski definition) is 3. The van der Waals surface area contributed by atoms with Crippen molar-refractivity contribution in [2.24, 2.45) is 29.6 Å². The molecule has 5 unspecified atom stereocenters. The molecule has 0 aromatic rings. The summed E-state index contributed by atoms with van der Waals surface area (Å²) >= 11 is 0. The lowest BCUT2D eigenvalue weighted by atomic mass is 9.78. The molecule has 2 bridgehead atoms. The number of sulfone groups is 1. The van der Waals surface area contributed by atoms with Crippen molar-refractivity contribution in [3.8, 4) is 0 Å². The molecule has 3 fully saturated rings. The quantitative estimate of drug-likeness (QED) is 0.857. The molecule has 2 aliphatic carbocycles. The van der Waals surface area contributed by atoms with Crippen molar-refractivity contribution < 1.29 is 18.3 Å². The zero-order chi connectivity index (χ0) is 13.6. The van der Waals surface area contributed by atoms with E-state index in [0.29, 0.717) is 24.7 Å². The fourth-order valence-electron chi connectivity index (χ4n) is 4.63. The van der Waals surface area contributed by atoms with Crippen molar-refractivity contribution in [3.63, 3.8) is 0 Å². The highest BCUT2D eigenvalue weighted by Gasteiger charge is 2.44. The first kappa shape index (κ1) is 13.4. The van der Waals surface area contributed by atoms with E-state index in [1.54, 1.807) is 0 Å². The molecule has 5 heteroatoms. The number of carbonyl (C=O) groups is 1. The summed E-state index contributed by atoms with van der Waals surface area (Å²) in [5.74, 6) is 0.945. The molecule has 1 saturated heterocycles. The van der Waals surface area contributed by atoms with Gasteiger partial charge in [0.05, 0.1) is 17.4 Å². The summed E-state index contributed by atoms with van der Waals surface area (Å²) in [6.07, 6.45) is 6.27. The van der Waals surface area contributed by atoms with Gasteiger partial charge in [0.15, 0.2) is 9.84 Å². The van der Waals surface area contributed by atoms with E-state index in [1.807, 2.05) is 0 Å². The maximum Gasteiger partial charge on any atom is 0.306 e.